The summed E-state index contributed by atoms with van der Waals surface area (Å²) in [4.78, 5) is 19.8. The topological polar surface area (TPSA) is 94.1 Å². The molecule has 10 heteroatoms. The van der Waals surface area contributed by atoms with Crippen molar-refractivity contribution >= 4 is 45.9 Å². The first-order valence-electron chi connectivity index (χ1n) is 10.1. The van der Waals surface area contributed by atoms with Crippen LogP contribution < -0.4 is 10.0 Å². The number of nitrogens with one attached hydrogen (secondary N) is 2. The van der Waals surface area contributed by atoms with Crippen molar-refractivity contribution in [2.75, 3.05) is 40.3 Å². The van der Waals surface area contributed by atoms with Crippen molar-refractivity contribution in [3.63, 3.8) is 0 Å². The predicted octanol–water partition coefficient (Wildman–Crippen LogP) is 1.54. The molecule has 1 aliphatic carbocycles. The highest BCUT2D eigenvalue weighted by Crippen LogP contribution is 2.22. The van der Waals surface area contributed by atoms with Crippen LogP contribution in [0.4, 0.5) is 0 Å². The van der Waals surface area contributed by atoms with Gasteiger partial charge in [-0.25, -0.2) is 18.1 Å². The molecule has 2 rings (SSSR count). The second-order valence-electron chi connectivity index (χ2n) is 8.09. The van der Waals surface area contributed by atoms with E-state index in [9.17, 15) is 13.2 Å². The van der Waals surface area contributed by atoms with Crippen LogP contribution in [0.1, 0.15) is 45.4 Å². The number of likely N-dealkylation sites (tertiary alicyclic amines) is 1. The Morgan fingerprint density at radius 3 is 2.45 bits per heavy atom. The smallest absolute Gasteiger partial charge is 0.243 e. The summed E-state index contributed by atoms with van der Waals surface area (Å²) in [7, 11) is 0.00666. The number of guanidine groups is 1. The quantitative estimate of drug-likeness (QED) is 0.221. The molecule has 2 aliphatic rings. The Hall–Kier alpha value is -0.880. The number of aliphatic imine (C=N–C) groups is 1. The molecule has 1 unspecified atom stereocenters. The van der Waals surface area contributed by atoms with Gasteiger partial charge < -0.3 is 15.1 Å². The zero-order valence-corrected chi connectivity index (χ0v) is 21.0. The van der Waals surface area contributed by atoms with Crippen LogP contribution in [-0.4, -0.2) is 81.7 Å². The van der Waals surface area contributed by atoms with Crippen LogP contribution in [0.15, 0.2) is 17.1 Å². The zero-order chi connectivity index (χ0) is 20.7. The van der Waals surface area contributed by atoms with Crippen molar-refractivity contribution in [1.82, 2.24) is 19.8 Å². The lowest BCUT2D eigenvalue weighted by atomic mass is 10.1. The number of likely N-dealkylation sites (N-methyl/N-ethyl adjacent to an activating group) is 1. The highest BCUT2D eigenvalue weighted by Gasteiger charge is 2.34. The van der Waals surface area contributed by atoms with E-state index in [4.69, 9.17) is 0 Å². The average molecular weight is 542 g/mol. The van der Waals surface area contributed by atoms with Gasteiger partial charge in [-0.05, 0) is 32.6 Å². The fraction of sp³-hybridized carbons (Fsp3) is 0.789. The number of rotatable bonds is 7. The number of amides is 1. The van der Waals surface area contributed by atoms with Crippen LogP contribution in [0, 0.1) is 0 Å². The number of carbonyl (C=O) groups is 1. The minimum Gasteiger partial charge on any atom is -0.353 e. The van der Waals surface area contributed by atoms with Crippen LogP contribution in [-0.2, 0) is 14.8 Å². The summed E-state index contributed by atoms with van der Waals surface area (Å²) in [5, 5.41) is 2.75. The molecule has 1 amide bonds. The molecule has 2 fully saturated rings. The van der Waals surface area contributed by atoms with Gasteiger partial charge in [-0.3, -0.25) is 4.79 Å². The van der Waals surface area contributed by atoms with Gasteiger partial charge in [0.1, 0.15) is 6.54 Å². The van der Waals surface area contributed by atoms with Gasteiger partial charge in [0.25, 0.3) is 0 Å². The molecule has 0 radical (unpaired) electrons. The first-order chi connectivity index (χ1) is 13.2. The fourth-order valence-electron chi connectivity index (χ4n) is 3.54. The highest BCUT2D eigenvalue weighted by molar-refractivity contribution is 14.0. The van der Waals surface area contributed by atoms with Crippen LogP contribution in [0.25, 0.3) is 0 Å². The fourth-order valence-corrected chi connectivity index (χ4v) is 5.28. The van der Waals surface area contributed by atoms with E-state index >= 15 is 0 Å². The van der Waals surface area contributed by atoms with Crippen molar-refractivity contribution in [3.05, 3.63) is 12.2 Å². The maximum Gasteiger partial charge on any atom is 0.243 e. The normalized spacial score (nSPS) is 20.9. The lowest BCUT2D eigenvalue weighted by Crippen LogP contribution is -2.53. The largest absolute Gasteiger partial charge is 0.353 e. The third-order valence-corrected chi connectivity index (χ3v) is 7.14. The molecule has 29 heavy (non-hydrogen) atoms. The first-order valence-corrected chi connectivity index (χ1v) is 11.6. The minimum absolute atomic E-state index is 0. The second kappa shape index (κ2) is 12.1. The van der Waals surface area contributed by atoms with Gasteiger partial charge in [0.2, 0.25) is 15.9 Å². The third kappa shape index (κ3) is 8.41. The number of piperidine rings is 1. The molecule has 0 aromatic rings. The minimum atomic E-state index is -3.38. The lowest BCUT2D eigenvalue weighted by molar-refractivity contribution is -0.127. The first kappa shape index (κ1) is 26.2. The average Bonchev–Trinajstić information content (AvgIpc) is 3.13. The zero-order valence-electron chi connectivity index (χ0n) is 17.8. The van der Waals surface area contributed by atoms with Gasteiger partial charge >= 0.3 is 0 Å². The van der Waals surface area contributed by atoms with Gasteiger partial charge in [-0.15, -0.1) is 24.0 Å². The molecule has 2 N–H and O–H groups in total. The van der Waals surface area contributed by atoms with Crippen molar-refractivity contribution in [3.8, 4) is 0 Å². The van der Waals surface area contributed by atoms with E-state index < -0.39 is 15.3 Å². The highest BCUT2D eigenvalue weighted by atomic mass is 127. The van der Waals surface area contributed by atoms with E-state index in [0.717, 1.165) is 37.7 Å². The third-order valence-electron chi connectivity index (χ3n) is 5.21. The number of nitrogens with zero attached hydrogens (tertiary/aromatic N) is 3. The van der Waals surface area contributed by atoms with Crippen LogP contribution in [0.5, 0.6) is 0 Å². The maximum atomic E-state index is 12.9. The Morgan fingerprint density at radius 1 is 1.21 bits per heavy atom. The van der Waals surface area contributed by atoms with E-state index in [2.05, 4.69) is 21.6 Å². The summed E-state index contributed by atoms with van der Waals surface area (Å²) in [6.45, 7) is 7.45. The van der Waals surface area contributed by atoms with Gasteiger partial charge in [0.15, 0.2) is 5.96 Å². The molecule has 0 aromatic carbocycles. The molecule has 1 heterocycles. The van der Waals surface area contributed by atoms with Gasteiger partial charge in [0, 0.05) is 39.8 Å². The predicted molar refractivity (Wildman–Crippen MR) is 128 cm³/mol. The van der Waals surface area contributed by atoms with E-state index in [0.29, 0.717) is 32.0 Å². The molecule has 8 nitrogen and oxygen atoms in total. The van der Waals surface area contributed by atoms with Crippen molar-refractivity contribution in [1.29, 1.82) is 0 Å². The van der Waals surface area contributed by atoms with Crippen LogP contribution in [0.2, 0.25) is 0 Å². The maximum absolute atomic E-state index is 12.9. The summed E-state index contributed by atoms with van der Waals surface area (Å²) < 4.78 is 28.6. The SMILES string of the molecule is C=C(C)CNC(=NCC(=O)N(C)C)N1CCCC(S(=O)(=O)NC2CCCC2)C1.I. The Labute approximate surface area is 192 Å². The summed E-state index contributed by atoms with van der Waals surface area (Å²) in [5.41, 5.74) is 0.940. The number of hydrogen-bond donors (Lipinski definition) is 2. The van der Waals surface area contributed by atoms with E-state index in [-0.39, 0.29) is 42.5 Å². The monoisotopic (exact) mass is 541 g/mol. The molecule has 1 atom stereocenters. The van der Waals surface area contributed by atoms with E-state index in [1.807, 2.05) is 11.8 Å². The Morgan fingerprint density at radius 2 is 1.86 bits per heavy atom. The second-order valence-corrected chi connectivity index (χ2v) is 10.1. The molecule has 168 valence electrons. The molecular formula is C19H36IN5O3S. The number of carbonyl (C=O) groups excluding carboxylic acids is 1. The van der Waals surface area contributed by atoms with Gasteiger partial charge in [-0.2, -0.15) is 0 Å². The standard InChI is InChI=1S/C19H35N5O3S.HI/c1-15(2)12-20-19(21-13-18(25)23(3)4)24-11-7-10-17(14-24)28(26,27)22-16-8-5-6-9-16;/h16-17,22H,1,5-14H2,2-4H3,(H,20,21);1H. The van der Waals surface area contributed by atoms with Crippen molar-refractivity contribution in [2.24, 2.45) is 4.99 Å². The lowest BCUT2D eigenvalue weighted by Gasteiger charge is -2.35. The summed E-state index contributed by atoms with van der Waals surface area (Å²) in [5.74, 6) is 0.470. The molecular weight excluding hydrogens is 505 g/mol. The molecule has 1 saturated heterocycles. The van der Waals surface area contributed by atoms with Crippen molar-refractivity contribution in [2.45, 2.75) is 56.7 Å². The molecule has 0 bridgehead atoms. The van der Waals surface area contributed by atoms with Crippen LogP contribution >= 0.6 is 24.0 Å². The summed E-state index contributed by atoms with van der Waals surface area (Å²) in [6, 6.07) is 0.0766. The van der Waals surface area contributed by atoms with Gasteiger partial charge in [0.05, 0.1) is 5.25 Å². The molecule has 1 saturated carbocycles. The van der Waals surface area contributed by atoms with E-state index in [1.54, 1.807) is 14.1 Å². The molecule has 0 spiro atoms. The number of halogens is 1. The van der Waals surface area contributed by atoms with E-state index in [1.165, 1.54) is 4.90 Å². The summed E-state index contributed by atoms with van der Waals surface area (Å²) in [6.07, 6.45) is 5.44. The molecule has 0 aromatic heterocycles. The Balaban J connectivity index is 0.00000420. The Bertz CT molecular complexity index is 690. The van der Waals surface area contributed by atoms with Gasteiger partial charge in [-0.1, -0.05) is 25.0 Å². The molecule has 1 aliphatic heterocycles. The van der Waals surface area contributed by atoms with Crippen molar-refractivity contribution < 1.29 is 13.2 Å². The number of sulfonamides is 1. The Kier molecular flexibility index (Phi) is 10.9. The summed E-state index contributed by atoms with van der Waals surface area (Å²) >= 11 is 0. The van der Waals surface area contributed by atoms with Crippen LogP contribution in [0.3, 0.4) is 0 Å². The number of hydrogen-bond acceptors (Lipinski definition) is 4.